The number of aliphatic imine (C=N–C) groups is 1. The smallest absolute Gasteiger partial charge is 0.226 e. The molecular weight excluding hydrogens is 515 g/mol. The van der Waals surface area contributed by atoms with Crippen molar-refractivity contribution in [3.05, 3.63) is 71.9 Å². The lowest BCUT2D eigenvalue weighted by Crippen LogP contribution is -2.37. The molecule has 2 aromatic carbocycles. The van der Waals surface area contributed by atoms with Crippen molar-refractivity contribution in [3.63, 3.8) is 0 Å². The summed E-state index contributed by atoms with van der Waals surface area (Å²) < 4.78 is 5.62. The van der Waals surface area contributed by atoms with E-state index in [1.807, 2.05) is 36.4 Å². The highest BCUT2D eigenvalue weighted by molar-refractivity contribution is 14.0. The first kappa shape index (κ1) is 23.8. The number of benzene rings is 2. The van der Waals surface area contributed by atoms with Crippen LogP contribution in [0.2, 0.25) is 0 Å². The van der Waals surface area contributed by atoms with Crippen molar-refractivity contribution >= 4 is 41.0 Å². The number of rotatable bonds is 8. The molecule has 7 nitrogen and oxygen atoms in total. The molecule has 0 aliphatic rings. The van der Waals surface area contributed by atoms with Gasteiger partial charge in [0.2, 0.25) is 5.89 Å². The number of nitrogens with one attached hydrogen (secondary N) is 3. The van der Waals surface area contributed by atoms with Gasteiger partial charge in [-0.25, -0.2) is 15.0 Å². The molecule has 0 bridgehead atoms. The van der Waals surface area contributed by atoms with Gasteiger partial charge in [-0.15, -0.1) is 24.0 Å². The molecule has 32 heavy (non-hydrogen) atoms. The topological polar surface area (TPSA) is 91.1 Å². The van der Waals surface area contributed by atoms with Crippen molar-refractivity contribution in [2.24, 2.45) is 4.99 Å². The Labute approximate surface area is 205 Å². The summed E-state index contributed by atoms with van der Waals surface area (Å²) in [4.78, 5) is 17.2. The molecule has 0 atom stereocenters. The summed E-state index contributed by atoms with van der Waals surface area (Å²) in [5, 5.41) is 6.65. The van der Waals surface area contributed by atoms with E-state index in [1.54, 1.807) is 6.26 Å². The zero-order valence-corrected chi connectivity index (χ0v) is 20.7. The zero-order valence-electron chi connectivity index (χ0n) is 18.4. The summed E-state index contributed by atoms with van der Waals surface area (Å²) in [5.74, 6) is 2.40. The van der Waals surface area contributed by atoms with E-state index in [-0.39, 0.29) is 24.0 Å². The van der Waals surface area contributed by atoms with Crippen LogP contribution in [0.4, 0.5) is 0 Å². The molecule has 4 aromatic rings. The molecule has 4 rings (SSSR count). The fourth-order valence-corrected chi connectivity index (χ4v) is 3.30. The summed E-state index contributed by atoms with van der Waals surface area (Å²) >= 11 is 0. The highest BCUT2D eigenvalue weighted by Gasteiger charge is 2.07. The second kappa shape index (κ2) is 11.7. The molecule has 0 spiro atoms. The van der Waals surface area contributed by atoms with Gasteiger partial charge in [-0.05, 0) is 44.5 Å². The molecule has 0 amide bonds. The predicted octanol–water partition coefficient (Wildman–Crippen LogP) is 4.83. The number of halogens is 1. The number of H-pyrrole nitrogens is 1. The Hall–Kier alpha value is -2.88. The number of aromatic nitrogens is 3. The highest BCUT2D eigenvalue weighted by atomic mass is 127. The minimum atomic E-state index is 0. The molecule has 0 saturated heterocycles. The van der Waals surface area contributed by atoms with E-state index in [0.717, 1.165) is 60.0 Å². The van der Waals surface area contributed by atoms with E-state index in [1.165, 1.54) is 5.56 Å². The SMILES string of the molecule is CCNC(=NCc1coc(-c2ccc(C)cc2)n1)NCCCc1nc2ccccc2[nH]1.I. The molecule has 168 valence electrons. The highest BCUT2D eigenvalue weighted by Crippen LogP contribution is 2.19. The lowest BCUT2D eigenvalue weighted by molar-refractivity contribution is 0.572. The van der Waals surface area contributed by atoms with Gasteiger partial charge in [0, 0.05) is 25.1 Å². The summed E-state index contributed by atoms with van der Waals surface area (Å²) in [6.07, 6.45) is 3.50. The van der Waals surface area contributed by atoms with Gasteiger partial charge in [-0.2, -0.15) is 0 Å². The minimum absolute atomic E-state index is 0. The van der Waals surface area contributed by atoms with Crippen LogP contribution in [0.25, 0.3) is 22.5 Å². The largest absolute Gasteiger partial charge is 0.444 e. The third kappa shape index (κ3) is 6.32. The van der Waals surface area contributed by atoms with Gasteiger partial charge < -0.3 is 20.0 Å². The van der Waals surface area contributed by atoms with Gasteiger partial charge in [0.15, 0.2) is 5.96 Å². The average molecular weight is 544 g/mol. The summed E-state index contributed by atoms with van der Waals surface area (Å²) in [6, 6.07) is 16.2. The lowest BCUT2D eigenvalue weighted by Gasteiger charge is -2.10. The molecule has 0 aliphatic carbocycles. The minimum Gasteiger partial charge on any atom is -0.444 e. The Morgan fingerprint density at radius 2 is 1.88 bits per heavy atom. The monoisotopic (exact) mass is 544 g/mol. The fraction of sp³-hybridized carbons (Fsp3) is 0.292. The van der Waals surface area contributed by atoms with Crippen molar-refractivity contribution in [2.75, 3.05) is 13.1 Å². The Balaban J connectivity index is 0.00000289. The van der Waals surface area contributed by atoms with Gasteiger partial charge in [0.05, 0.1) is 17.6 Å². The Kier molecular flexibility index (Phi) is 8.66. The Bertz CT molecular complexity index is 1120. The van der Waals surface area contributed by atoms with E-state index < -0.39 is 0 Å². The number of nitrogens with zero attached hydrogens (tertiary/aromatic N) is 3. The molecule has 0 saturated carbocycles. The van der Waals surface area contributed by atoms with E-state index in [9.17, 15) is 0 Å². The van der Waals surface area contributed by atoms with Crippen molar-refractivity contribution in [2.45, 2.75) is 33.2 Å². The third-order valence-electron chi connectivity index (χ3n) is 4.91. The van der Waals surface area contributed by atoms with Crippen LogP contribution in [0.15, 0.2) is 64.2 Å². The first-order valence-electron chi connectivity index (χ1n) is 10.7. The Morgan fingerprint density at radius 1 is 1.06 bits per heavy atom. The number of imidazole rings is 1. The number of fused-ring (bicyclic) bond motifs is 1. The summed E-state index contributed by atoms with van der Waals surface area (Å²) in [6.45, 7) is 6.16. The molecular formula is C24H29IN6O. The summed E-state index contributed by atoms with van der Waals surface area (Å²) in [7, 11) is 0. The van der Waals surface area contributed by atoms with Crippen molar-refractivity contribution in [1.82, 2.24) is 25.6 Å². The number of para-hydroxylation sites is 2. The molecule has 2 aromatic heterocycles. The van der Waals surface area contributed by atoms with E-state index >= 15 is 0 Å². The van der Waals surface area contributed by atoms with E-state index in [4.69, 9.17) is 4.42 Å². The average Bonchev–Trinajstić information content (AvgIpc) is 3.42. The van der Waals surface area contributed by atoms with Crippen LogP contribution in [0.5, 0.6) is 0 Å². The molecule has 2 heterocycles. The number of hydrogen-bond donors (Lipinski definition) is 3. The quantitative estimate of drug-likeness (QED) is 0.128. The number of aromatic amines is 1. The van der Waals surface area contributed by atoms with Gasteiger partial charge in [-0.1, -0.05) is 29.8 Å². The van der Waals surface area contributed by atoms with E-state index in [0.29, 0.717) is 12.4 Å². The van der Waals surface area contributed by atoms with Gasteiger partial charge in [-0.3, -0.25) is 0 Å². The number of hydrogen-bond acceptors (Lipinski definition) is 4. The third-order valence-corrected chi connectivity index (χ3v) is 4.91. The fourth-order valence-electron chi connectivity index (χ4n) is 3.30. The molecule has 0 unspecified atom stereocenters. The summed E-state index contributed by atoms with van der Waals surface area (Å²) in [5.41, 5.74) is 5.07. The molecule has 0 radical (unpaired) electrons. The zero-order chi connectivity index (χ0) is 21.5. The second-order valence-electron chi connectivity index (χ2n) is 7.44. The number of aryl methyl sites for hydroxylation is 2. The van der Waals surface area contributed by atoms with Gasteiger partial charge in [0.25, 0.3) is 0 Å². The van der Waals surface area contributed by atoms with Crippen molar-refractivity contribution in [3.8, 4) is 11.5 Å². The van der Waals surface area contributed by atoms with Crippen LogP contribution in [0.3, 0.4) is 0 Å². The predicted molar refractivity (Wildman–Crippen MR) is 139 cm³/mol. The first-order chi connectivity index (χ1) is 15.2. The normalized spacial score (nSPS) is 11.4. The standard InChI is InChI=1S/C24H28N6O.HI/c1-3-25-24(26-14-6-9-22-29-20-7-4-5-8-21(20)30-22)27-15-19-16-31-23(28-19)18-12-10-17(2)11-13-18;/h4-5,7-8,10-13,16H,3,6,9,14-15H2,1-2H3,(H,29,30)(H2,25,26,27);1H. The first-order valence-corrected chi connectivity index (χ1v) is 10.7. The van der Waals surface area contributed by atoms with Crippen LogP contribution < -0.4 is 10.6 Å². The van der Waals surface area contributed by atoms with E-state index in [2.05, 4.69) is 56.6 Å². The maximum absolute atomic E-state index is 5.62. The number of oxazole rings is 1. The van der Waals surface area contributed by atoms with Crippen LogP contribution >= 0.6 is 24.0 Å². The molecule has 8 heteroatoms. The van der Waals surface area contributed by atoms with Crippen LogP contribution in [-0.2, 0) is 13.0 Å². The van der Waals surface area contributed by atoms with Crippen LogP contribution in [0.1, 0.15) is 30.4 Å². The maximum Gasteiger partial charge on any atom is 0.226 e. The second-order valence-corrected chi connectivity index (χ2v) is 7.44. The lowest BCUT2D eigenvalue weighted by atomic mass is 10.1. The maximum atomic E-state index is 5.62. The molecule has 3 N–H and O–H groups in total. The van der Waals surface area contributed by atoms with Crippen LogP contribution in [-0.4, -0.2) is 34.0 Å². The molecule has 0 aliphatic heterocycles. The molecule has 0 fully saturated rings. The van der Waals surface area contributed by atoms with Gasteiger partial charge in [0.1, 0.15) is 17.8 Å². The van der Waals surface area contributed by atoms with Crippen molar-refractivity contribution < 1.29 is 4.42 Å². The van der Waals surface area contributed by atoms with Crippen molar-refractivity contribution in [1.29, 1.82) is 0 Å². The van der Waals surface area contributed by atoms with Gasteiger partial charge >= 0.3 is 0 Å². The van der Waals surface area contributed by atoms with Crippen LogP contribution in [0, 0.1) is 6.92 Å². The Morgan fingerprint density at radius 3 is 2.66 bits per heavy atom. The number of guanidine groups is 1.